The van der Waals surface area contributed by atoms with E-state index < -0.39 is 17.0 Å². The third-order valence-corrected chi connectivity index (χ3v) is 5.29. The number of hydrogen-bond donors (Lipinski definition) is 1. The fourth-order valence-electron chi connectivity index (χ4n) is 4.07. The van der Waals surface area contributed by atoms with Gasteiger partial charge in [0.15, 0.2) is 0 Å². The molecule has 1 N–H and O–H groups in total. The second-order valence-electron chi connectivity index (χ2n) is 6.59. The van der Waals surface area contributed by atoms with Gasteiger partial charge in [-0.25, -0.2) is 0 Å². The molecule has 25 heavy (non-hydrogen) atoms. The number of hydrogen-bond acceptors (Lipinski definition) is 4. The van der Waals surface area contributed by atoms with Crippen molar-refractivity contribution in [3.63, 3.8) is 0 Å². The Morgan fingerprint density at radius 1 is 1.20 bits per heavy atom. The van der Waals surface area contributed by atoms with Gasteiger partial charge in [-0.1, -0.05) is 54.6 Å². The minimum Gasteiger partial charge on any atom is -0.468 e. The highest BCUT2D eigenvalue weighted by molar-refractivity contribution is 5.81. The van der Waals surface area contributed by atoms with Gasteiger partial charge in [0, 0.05) is 12.8 Å². The average molecular weight is 335 g/mol. The molecule has 128 valence electrons. The number of nitrogens with zero attached hydrogens (tertiary/aromatic N) is 1. The van der Waals surface area contributed by atoms with Crippen molar-refractivity contribution < 1.29 is 14.6 Å². The predicted molar refractivity (Wildman–Crippen MR) is 93.5 cm³/mol. The molecule has 0 saturated carbocycles. The van der Waals surface area contributed by atoms with Crippen molar-refractivity contribution in [2.24, 2.45) is 5.41 Å². The van der Waals surface area contributed by atoms with Crippen LogP contribution < -0.4 is 0 Å². The van der Waals surface area contributed by atoms with Gasteiger partial charge in [-0.15, -0.1) is 0 Å². The van der Waals surface area contributed by atoms with Gasteiger partial charge in [0.1, 0.15) is 11.0 Å². The van der Waals surface area contributed by atoms with Crippen molar-refractivity contribution in [1.29, 1.82) is 5.26 Å². The molecule has 0 aliphatic heterocycles. The summed E-state index contributed by atoms with van der Waals surface area (Å²) >= 11 is 0. The number of methoxy groups -OCH3 is 1. The van der Waals surface area contributed by atoms with Gasteiger partial charge in [-0.3, -0.25) is 4.79 Å². The van der Waals surface area contributed by atoms with Crippen molar-refractivity contribution >= 4 is 5.97 Å². The number of esters is 1. The molecule has 0 fully saturated rings. The van der Waals surface area contributed by atoms with E-state index in [0.717, 1.165) is 16.7 Å². The predicted octanol–water partition coefficient (Wildman–Crippen LogP) is 3.14. The van der Waals surface area contributed by atoms with Gasteiger partial charge < -0.3 is 9.84 Å². The van der Waals surface area contributed by atoms with Crippen LogP contribution in [0.5, 0.6) is 0 Å². The highest BCUT2D eigenvalue weighted by Crippen LogP contribution is 2.55. The SMILES string of the molecule is COC(=O)[C@@]1(CCC#N)Cc2ccccc2[C@@]1(O)Cc1ccccc1. The standard InChI is InChI=1S/C21H21NO3/c1-25-19(23)20(12-7-13-22)15-17-10-5-6-11-18(17)21(20,24)14-16-8-3-2-4-9-16/h2-6,8-11,24H,7,12,14-15H2,1H3/t20-,21+/m1/s1. The molecule has 3 rings (SSSR count). The van der Waals surface area contributed by atoms with Crippen LogP contribution in [0.4, 0.5) is 0 Å². The van der Waals surface area contributed by atoms with Gasteiger partial charge in [-0.2, -0.15) is 5.26 Å². The molecule has 2 aromatic rings. The summed E-state index contributed by atoms with van der Waals surface area (Å²) in [5, 5.41) is 20.9. The third kappa shape index (κ3) is 2.71. The summed E-state index contributed by atoms with van der Waals surface area (Å²) in [6.07, 6.45) is 1.11. The maximum absolute atomic E-state index is 12.8. The number of aliphatic hydroxyl groups is 1. The van der Waals surface area contributed by atoms with Crippen LogP contribution >= 0.6 is 0 Å². The highest BCUT2D eigenvalue weighted by atomic mass is 16.5. The molecule has 0 amide bonds. The van der Waals surface area contributed by atoms with Crippen LogP contribution in [0.25, 0.3) is 0 Å². The number of ether oxygens (including phenoxy) is 1. The maximum Gasteiger partial charge on any atom is 0.315 e. The van der Waals surface area contributed by atoms with E-state index in [-0.39, 0.29) is 12.8 Å². The summed E-state index contributed by atoms with van der Waals surface area (Å²) in [7, 11) is 1.34. The first kappa shape index (κ1) is 17.2. The molecule has 0 aromatic heterocycles. The lowest BCUT2D eigenvalue weighted by Crippen LogP contribution is -2.50. The number of benzene rings is 2. The third-order valence-electron chi connectivity index (χ3n) is 5.29. The Bertz CT molecular complexity index is 811. The fourth-order valence-corrected chi connectivity index (χ4v) is 4.07. The number of rotatable bonds is 5. The summed E-state index contributed by atoms with van der Waals surface area (Å²) < 4.78 is 5.09. The van der Waals surface area contributed by atoms with E-state index in [1.165, 1.54) is 7.11 Å². The number of nitriles is 1. The smallest absolute Gasteiger partial charge is 0.315 e. The lowest BCUT2D eigenvalue weighted by molar-refractivity contribution is -0.173. The van der Waals surface area contributed by atoms with E-state index in [0.29, 0.717) is 12.8 Å². The Kier molecular flexibility index (Phi) is 4.61. The molecule has 0 bridgehead atoms. The minimum absolute atomic E-state index is 0.181. The average Bonchev–Trinajstić information content (AvgIpc) is 2.89. The molecule has 1 aliphatic carbocycles. The first-order valence-electron chi connectivity index (χ1n) is 8.37. The van der Waals surface area contributed by atoms with E-state index >= 15 is 0 Å². The van der Waals surface area contributed by atoms with E-state index in [2.05, 4.69) is 6.07 Å². The maximum atomic E-state index is 12.8. The van der Waals surface area contributed by atoms with Crippen LogP contribution in [0.2, 0.25) is 0 Å². The molecule has 0 spiro atoms. The van der Waals surface area contributed by atoms with Crippen LogP contribution in [0.15, 0.2) is 54.6 Å². The molecular formula is C21H21NO3. The molecule has 2 aromatic carbocycles. The molecule has 0 unspecified atom stereocenters. The van der Waals surface area contributed by atoms with Gasteiger partial charge in [0.05, 0.1) is 13.2 Å². The van der Waals surface area contributed by atoms with Crippen molar-refractivity contribution in [3.8, 4) is 6.07 Å². The largest absolute Gasteiger partial charge is 0.468 e. The minimum atomic E-state index is -1.41. The second-order valence-corrected chi connectivity index (χ2v) is 6.59. The summed E-state index contributed by atoms with van der Waals surface area (Å²) in [6, 6.07) is 19.3. The Hall–Kier alpha value is -2.64. The molecule has 2 atom stereocenters. The molecule has 1 aliphatic rings. The molecule has 4 nitrogen and oxygen atoms in total. The van der Waals surface area contributed by atoms with Gasteiger partial charge >= 0.3 is 5.97 Å². The molecule has 4 heteroatoms. The first-order valence-corrected chi connectivity index (χ1v) is 8.37. The quantitative estimate of drug-likeness (QED) is 0.852. The summed E-state index contributed by atoms with van der Waals surface area (Å²) in [4.78, 5) is 12.8. The zero-order valence-electron chi connectivity index (χ0n) is 14.2. The van der Waals surface area contributed by atoms with E-state index in [4.69, 9.17) is 10.00 Å². The highest BCUT2D eigenvalue weighted by Gasteiger charge is 2.61. The second kappa shape index (κ2) is 6.70. The van der Waals surface area contributed by atoms with Gasteiger partial charge in [0.2, 0.25) is 0 Å². The van der Waals surface area contributed by atoms with Crippen molar-refractivity contribution in [2.45, 2.75) is 31.3 Å². The van der Waals surface area contributed by atoms with Crippen LogP contribution in [0, 0.1) is 16.7 Å². The van der Waals surface area contributed by atoms with Crippen LogP contribution in [-0.2, 0) is 28.0 Å². The van der Waals surface area contributed by atoms with Crippen LogP contribution in [-0.4, -0.2) is 18.2 Å². The topological polar surface area (TPSA) is 70.3 Å². The molecular weight excluding hydrogens is 314 g/mol. The molecule has 0 saturated heterocycles. The van der Waals surface area contributed by atoms with Crippen molar-refractivity contribution in [2.75, 3.05) is 7.11 Å². The monoisotopic (exact) mass is 335 g/mol. The van der Waals surface area contributed by atoms with E-state index in [1.807, 2.05) is 54.6 Å². The van der Waals surface area contributed by atoms with E-state index in [1.54, 1.807) is 0 Å². The van der Waals surface area contributed by atoms with Crippen molar-refractivity contribution in [3.05, 3.63) is 71.3 Å². The zero-order chi connectivity index (χ0) is 17.9. The van der Waals surface area contributed by atoms with Gasteiger partial charge in [0.25, 0.3) is 0 Å². The molecule has 0 heterocycles. The summed E-state index contributed by atoms with van der Waals surface area (Å²) in [5.74, 6) is -0.461. The Balaban J connectivity index is 2.16. The lowest BCUT2D eigenvalue weighted by atomic mass is 9.67. The molecule has 0 radical (unpaired) electrons. The Morgan fingerprint density at radius 2 is 1.88 bits per heavy atom. The number of carbonyl (C=O) groups is 1. The first-order chi connectivity index (χ1) is 12.1. The van der Waals surface area contributed by atoms with Crippen LogP contribution in [0.1, 0.15) is 29.5 Å². The Morgan fingerprint density at radius 3 is 2.56 bits per heavy atom. The summed E-state index contributed by atoms with van der Waals surface area (Å²) in [6.45, 7) is 0. The lowest BCUT2D eigenvalue weighted by Gasteiger charge is -2.40. The summed E-state index contributed by atoms with van der Waals surface area (Å²) in [5.41, 5.74) is 0.0599. The van der Waals surface area contributed by atoms with Crippen LogP contribution in [0.3, 0.4) is 0 Å². The van der Waals surface area contributed by atoms with Gasteiger partial charge in [-0.05, 0) is 29.5 Å². The number of fused-ring (bicyclic) bond motifs is 1. The van der Waals surface area contributed by atoms with E-state index in [9.17, 15) is 9.90 Å². The zero-order valence-corrected chi connectivity index (χ0v) is 14.2. The Labute approximate surface area is 147 Å². The normalized spacial score (nSPS) is 24.4. The fraction of sp³-hybridized carbons (Fsp3) is 0.333. The van der Waals surface area contributed by atoms with Crippen molar-refractivity contribution in [1.82, 2.24) is 0 Å². The number of carbonyl (C=O) groups excluding carboxylic acids is 1.